The maximum absolute atomic E-state index is 12.4. The molecule has 0 bridgehead atoms. The molecule has 1 N–H and O–H groups in total. The smallest absolute Gasteiger partial charge is 0.410 e. The normalized spacial score (nSPS) is 12.6. The van der Waals surface area contributed by atoms with Gasteiger partial charge in [-0.15, -0.1) is 0 Å². The summed E-state index contributed by atoms with van der Waals surface area (Å²) in [4.78, 5) is 50.7. The molecule has 0 heterocycles. The first-order valence-electron chi connectivity index (χ1n) is 9.00. The molecule has 0 aromatic heterocycles. The Morgan fingerprint density at radius 1 is 1.00 bits per heavy atom. The third-order valence-corrected chi connectivity index (χ3v) is 6.76. The Hall–Kier alpha value is -1.62. The zero-order chi connectivity index (χ0) is 23.0. The fourth-order valence-corrected chi connectivity index (χ4v) is 4.20. The molecule has 0 spiro atoms. The summed E-state index contributed by atoms with van der Waals surface area (Å²) in [6, 6.07) is -0.904. The van der Waals surface area contributed by atoms with E-state index in [4.69, 9.17) is 9.47 Å². The van der Waals surface area contributed by atoms with Gasteiger partial charge in [0.05, 0.1) is 11.9 Å². The number of ether oxygens (including phenoxy) is 2. The average Bonchev–Trinajstić information content (AvgIpc) is 2.59. The summed E-state index contributed by atoms with van der Waals surface area (Å²) in [5, 5.41) is 2.32. The number of esters is 1. The molecule has 0 rings (SSSR count). The molecule has 3 amide bonds. The van der Waals surface area contributed by atoms with Crippen molar-refractivity contribution in [2.24, 2.45) is 0 Å². The third kappa shape index (κ3) is 10.6. The molecule has 0 saturated carbocycles. The largest absolute Gasteiger partial charge is 0.467 e. The van der Waals surface area contributed by atoms with E-state index in [2.05, 4.69) is 5.32 Å². The first-order valence-corrected chi connectivity index (χ1v) is 11.2. The number of carbonyl (C=O) groups excluding carboxylic acids is 4. The molecule has 11 heteroatoms. The van der Waals surface area contributed by atoms with Gasteiger partial charge in [0.1, 0.15) is 11.6 Å². The molecule has 0 aromatic rings. The van der Waals surface area contributed by atoms with Crippen molar-refractivity contribution in [1.29, 1.82) is 0 Å². The highest BCUT2D eigenvalue weighted by Gasteiger charge is 2.38. The number of methoxy groups -OCH3 is 1. The molecular weight excluding hydrogens is 418 g/mol. The van der Waals surface area contributed by atoms with Gasteiger partial charge >= 0.3 is 12.1 Å². The monoisotopic (exact) mass is 451 g/mol. The van der Waals surface area contributed by atoms with E-state index in [1.54, 1.807) is 48.7 Å². The van der Waals surface area contributed by atoms with E-state index in [1.165, 1.54) is 23.8 Å². The second-order valence-electron chi connectivity index (χ2n) is 8.02. The zero-order valence-electron chi connectivity index (χ0n) is 18.7. The predicted molar refractivity (Wildman–Crippen MR) is 116 cm³/mol. The minimum Gasteiger partial charge on any atom is -0.467 e. The van der Waals surface area contributed by atoms with Gasteiger partial charge in [-0.2, -0.15) is 0 Å². The maximum Gasteiger partial charge on any atom is 0.410 e. The van der Waals surface area contributed by atoms with Crippen LogP contribution in [0, 0.1) is 0 Å². The van der Waals surface area contributed by atoms with E-state index in [1.807, 2.05) is 0 Å². The lowest BCUT2D eigenvalue weighted by molar-refractivity contribution is -0.145. The van der Waals surface area contributed by atoms with Crippen LogP contribution in [-0.4, -0.2) is 83.7 Å². The van der Waals surface area contributed by atoms with Crippen molar-refractivity contribution in [1.82, 2.24) is 15.1 Å². The molecular formula is C18H33N3O6S2. The molecule has 0 aliphatic rings. The van der Waals surface area contributed by atoms with E-state index in [-0.39, 0.29) is 11.1 Å². The summed E-state index contributed by atoms with van der Waals surface area (Å²) in [7, 11) is 6.58. The fraction of sp³-hybridized carbons (Fsp3) is 0.778. The Morgan fingerprint density at radius 2 is 1.52 bits per heavy atom. The lowest BCUT2D eigenvalue weighted by atomic mass is 10.0. The van der Waals surface area contributed by atoms with E-state index < -0.39 is 28.5 Å². The van der Waals surface area contributed by atoms with Crippen molar-refractivity contribution < 1.29 is 28.7 Å². The standard InChI is InChI=1S/C18H33N3O6S2/c1-12(22)19-13(14(23)26-9)18(5,6)29-28-16(25)21(8)11-10-20(7)15(24)27-17(2,3)4/h13H,10-11H2,1-9H3,(H,19,22). The Balaban J connectivity index is 4.72. The highest BCUT2D eigenvalue weighted by atomic mass is 33.1. The van der Waals surface area contributed by atoms with E-state index in [9.17, 15) is 19.2 Å². The van der Waals surface area contributed by atoms with Crippen molar-refractivity contribution in [3.63, 3.8) is 0 Å². The fourth-order valence-electron chi connectivity index (χ4n) is 1.91. The summed E-state index contributed by atoms with van der Waals surface area (Å²) < 4.78 is 9.23. The minimum atomic E-state index is -0.904. The second kappa shape index (κ2) is 11.5. The van der Waals surface area contributed by atoms with Gasteiger partial charge < -0.3 is 24.6 Å². The molecule has 0 radical (unpaired) electrons. The van der Waals surface area contributed by atoms with Gasteiger partial charge in [-0.1, -0.05) is 10.8 Å². The minimum absolute atomic E-state index is 0.243. The van der Waals surface area contributed by atoms with Gasteiger partial charge in [-0.25, -0.2) is 9.59 Å². The van der Waals surface area contributed by atoms with Crippen molar-refractivity contribution >= 4 is 44.8 Å². The number of hydrogen-bond donors (Lipinski definition) is 1. The molecule has 9 nitrogen and oxygen atoms in total. The van der Waals surface area contributed by atoms with E-state index >= 15 is 0 Å². The average molecular weight is 452 g/mol. The number of hydrogen-bond acceptors (Lipinski definition) is 8. The number of nitrogens with zero attached hydrogens (tertiary/aromatic N) is 2. The molecule has 29 heavy (non-hydrogen) atoms. The summed E-state index contributed by atoms with van der Waals surface area (Å²) in [5.41, 5.74) is -0.588. The van der Waals surface area contributed by atoms with Gasteiger partial charge in [0, 0.05) is 44.9 Å². The van der Waals surface area contributed by atoms with Crippen LogP contribution in [0.1, 0.15) is 41.5 Å². The number of likely N-dealkylation sites (N-methyl/N-ethyl adjacent to an activating group) is 2. The lowest BCUT2D eigenvalue weighted by Crippen LogP contribution is -2.52. The number of carbonyl (C=O) groups is 4. The predicted octanol–water partition coefficient (Wildman–Crippen LogP) is 2.74. The van der Waals surface area contributed by atoms with Gasteiger partial charge in [0.2, 0.25) is 5.91 Å². The van der Waals surface area contributed by atoms with Gasteiger partial charge in [-0.3, -0.25) is 9.59 Å². The van der Waals surface area contributed by atoms with Crippen LogP contribution in [-0.2, 0) is 19.1 Å². The van der Waals surface area contributed by atoms with Gasteiger partial charge in [0.25, 0.3) is 5.24 Å². The molecule has 168 valence electrons. The lowest BCUT2D eigenvalue weighted by Gasteiger charge is -2.31. The molecule has 1 unspecified atom stereocenters. The molecule has 0 saturated heterocycles. The SMILES string of the molecule is COC(=O)C(NC(C)=O)C(C)(C)SSC(=O)N(C)CCN(C)C(=O)OC(C)(C)C. The van der Waals surface area contributed by atoms with Crippen molar-refractivity contribution in [3.8, 4) is 0 Å². The Bertz CT molecular complexity index is 607. The molecule has 0 aromatic carbocycles. The first kappa shape index (κ1) is 27.4. The molecule has 0 aliphatic heterocycles. The van der Waals surface area contributed by atoms with Crippen molar-refractivity contribution in [2.45, 2.75) is 57.9 Å². The van der Waals surface area contributed by atoms with Crippen LogP contribution in [0.5, 0.6) is 0 Å². The Morgan fingerprint density at radius 3 is 1.97 bits per heavy atom. The second-order valence-corrected chi connectivity index (χ2v) is 10.8. The number of nitrogens with one attached hydrogen (secondary N) is 1. The number of rotatable bonds is 8. The summed E-state index contributed by atoms with van der Waals surface area (Å²) >= 11 is 0. The van der Waals surface area contributed by atoms with Crippen molar-refractivity contribution in [2.75, 3.05) is 34.3 Å². The molecule has 1 atom stereocenters. The maximum atomic E-state index is 12.4. The van der Waals surface area contributed by atoms with Crippen LogP contribution in [0.15, 0.2) is 0 Å². The molecule has 0 aliphatic carbocycles. The summed E-state index contributed by atoms with van der Waals surface area (Å²) in [6.07, 6.45) is -0.460. The van der Waals surface area contributed by atoms with Crippen LogP contribution >= 0.6 is 21.6 Å². The quantitative estimate of drug-likeness (QED) is 0.444. The van der Waals surface area contributed by atoms with Crippen LogP contribution < -0.4 is 5.32 Å². The Labute approximate surface area is 181 Å². The van der Waals surface area contributed by atoms with Crippen LogP contribution in [0.4, 0.5) is 9.59 Å². The topological polar surface area (TPSA) is 105 Å². The summed E-state index contributed by atoms with van der Waals surface area (Å²) in [5.74, 6) is -0.953. The van der Waals surface area contributed by atoms with Gasteiger partial charge in [0.15, 0.2) is 0 Å². The van der Waals surface area contributed by atoms with Crippen LogP contribution in [0.3, 0.4) is 0 Å². The van der Waals surface area contributed by atoms with E-state index in [0.717, 1.165) is 21.6 Å². The van der Waals surface area contributed by atoms with Crippen molar-refractivity contribution in [3.05, 3.63) is 0 Å². The zero-order valence-corrected chi connectivity index (χ0v) is 20.3. The van der Waals surface area contributed by atoms with E-state index in [0.29, 0.717) is 13.1 Å². The third-order valence-electron chi connectivity index (χ3n) is 3.60. The molecule has 0 fully saturated rings. The van der Waals surface area contributed by atoms with Crippen LogP contribution in [0.25, 0.3) is 0 Å². The number of amides is 3. The van der Waals surface area contributed by atoms with Gasteiger partial charge in [-0.05, 0) is 34.6 Å². The first-order chi connectivity index (χ1) is 13.1. The summed E-state index contributed by atoms with van der Waals surface area (Å²) in [6.45, 7) is 10.8. The Kier molecular flexibility index (Phi) is 10.9. The highest BCUT2D eigenvalue weighted by Crippen LogP contribution is 2.39. The highest BCUT2D eigenvalue weighted by molar-refractivity contribution is 8.82. The van der Waals surface area contributed by atoms with Crippen LogP contribution in [0.2, 0.25) is 0 Å².